The van der Waals surface area contributed by atoms with Gasteiger partial charge in [0, 0.05) is 51.9 Å². The van der Waals surface area contributed by atoms with Crippen LogP contribution in [0, 0.1) is 5.92 Å². The van der Waals surface area contributed by atoms with Crippen LogP contribution >= 0.6 is 12.4 Å². The highest BCUT2D eigenvalue weighted by Crippen LogP contribution is 2.20. The van der Waals surface area contributed by atoms with E-state index < -0.39 is 0 Å². The first-order valence-electron chi connectivity index (χ1n) is 9.71. The van der Waals surface area contributed by atoms with E-state index in [1.165, 1.54) is 32.5 Å². The SMILES string of the molecule is Cl.c1nc(N2CCOCC2)cc(N2CCN(CC3CCCNC3)CC2)n1. The average molecular weight is 383 g/mol. The number of hydrogen-bond acceptors (Lipinski definition) is 7. The van der Waals surface area contributed by atoms with Crippen molar-refractivity contribution in [1.29, 1.82) is 0 Å². The molecule has 1 aromatic rings. The van der Waals surface area contributed by atoms with Crippen LogP contribution in [0.2, 0.25) is 0 Å². The van der Waals surface area contributed by atoms with E-state index in [2.05, 4.69) is 36.1 Å². The average Bonchev–Trinajstić information content (AvgIpc) is 2.70. The number of piperazine rings is 1. The number of nitrogens with zero attached hydrogens (tertiary/aromatic N) is 5. The first-order valence-corrected chi connectivity index (χ1v) is 9.71. The molecule has 0 aromatic carbocycles. The smallest absolute Gasteiger partial charge is 0.134 e. The van der Waals surface area contributed by atoms with Gasteiger partial charge in [-0.25, -0.2) is 9.97 Å². The first kappa shape index (κ1) is 19.6. The molecular weight excluding hydrogens is 352 g/mol. The van der Waals surface area contributed by atoms with E-state index in [0.29, 0.717) is 0 Å². The molecule has 3 aliphatic rings. The van der Waals surface area contributed by atoms with E-state index in [0.717, 1.165) is 70.0 Å². The van der Waals surface area contributed by atoms with Crippen molar-refractivity contribution in [3.63, 3.8) is 0 Å². The fraction of sp³-hybridized carbons (Fsp3) is 0.778. The highest BCUT2D eigenvalue weighted by atomic mass is 35.5. The van der Waals surface area contributed by atoms with Crippen molar-refractivity contribution in [2.24, 2.45) is 5.92 Å². The predicted octanol–water partition coefficient (Wildman–Crippen LogP) is 0.857. The van der Waals surface area contributed by atoms with E-state index in [9.17, 15) is 0 Å². The number of aromatic nitrogens is 2. The Morgan fingerprint density at radius 3 is 2.35 bits per heavy atom. The largest absolute Gasteiger partial charge is 0.378 e. The Bertz CT molecular complexity index is 542. The molecule has 3 aliphatic heterocycles. The normalized spacial score (nSPS) is 25.0. The second-order valence-electron chi connectivity index (χ2n) is 7.33. The van der Waals surface area contributed by atoms with Gasteiger partial charge in [0.05, 0.1) is 13.2 Å². The van der Waals surface area contributed by atoms with E-state index in [-0.39, 0.29) is 12.4 Å². The number of rotatable bonds is 4. The van der Waals surface area contributed by atoms with Crippen LogP contribution in [0.5, 0.6) is 0 Å². The summed E-state index contributed by atoms with van der Waals surface area (Å²) < 4.78 is 5.44. The van der Waals surface area contributed by atoms with E-state index >= 15 is 0 Å². The third kappa shape index (κ3) is 4.97. The number of morpholine rings is 1. The molecule has 1 aromatic heterocycles. The Kier molecular flexibility index (Phi) is 7.31. The van der Waals surface area contributed by atoms with Crippen LogP contribution in [0.15, 0.2) is 12.4 Å². The van der Waals surface area contributed by atoms with Crippen molar-refractivity contribution in [1.82, 2.24) is 20.2 Å². The highest BCUT2D eigenvalue weighted by Gasteiger charge is 2.23. The van der Waals surface area contributed by atoms with Crippen molar-refractivity contribution in [2.45, 2.75) is 12.8 Å². The maximum Gasteiger partial charge on any atom is 0.134 e. The lowest BCUT2D eigenvalue weighted by Crippen LogP contribution is -2.49. The molecule has 1 N–H and O–H groups in total. The van der Waals surface area contributed by atoms with Gasteiger partial charge in [0.25, 0.3) is 0 Å². The minimum absolute atomic E-state index is 0. The molecule has 1 atom stereocenters. The molecule has 0 bridgehead atoms. The van der Waals surface area contributed by atoms with Crippen LogP contribution in [0.3, 0.4) is 0 Å². The van der Waals surface area contributed by atoms with Gasteiger partial charge in [-0.2, -0.15) is 0 Å². The van der Waals surface area contributed by atoms with Crippen molar-refractivity contribution in [3.05, 3.63) is 12.4 Å². The molecule has 0 saturated carbocycles. The van der Waals surface area contributed by atoms with Gasteiger partial charge >= 0.3 is 0 Å². The van der Waals surface area contributed by atoms with Gasteiger partial charge in [0.2, 0.25) is 0 Å². The van der Waals surface area contributed by atoms with Crippen molar-refractivity contribution < 1.29 is 4.74 Å². The van der Waals surface area contributed by atoms with Gasteiger partial charge in [0.15, 0.2) is 0 Å². The van der Waals surface area contributed by atoms with Crippen LogP contribution in [0.25, 0.3) is 0 Å². The number of hydrogen-bond donors (Lipinski definition) is 1. The molecule has 0 radical (unpaired) electrons. The minimum atomic E-state index is 0. The molecule has 3 saturated heterocycles. The molecule has 146 valence electrons. The lowest BCUT2D eigenvalue weighted by molar-refractivity contribution is 0.122. The van der Waals surface area contributed by atoms with E-state index in [1.54, 1.807) is 6.33 Å². The maximum absolute atomic E-state index is 5.44. The van der Waals surface area contributed by atoms with Gasteiger partial charge in [-0.05, 0) is 31.8 Å². The molecule has 3 fully saturated rings. The second-order valence-corrected chi connectivity index (χ2v) is 7.33. The monoisotopic (exact) mass is 382 g/mol. The summed E-state index contributed by atoms with van der Waals surface area (Å²) in [7, 11) is 0. The van der Waals surface area contributed by atoms with Crippen LogP contribution in [0.4, 0.5) is 11.6 Å². The molecule has 7 nitrogen and oxygen atoms in total. The van der Waals surface area contributed by atoms with E-state index in [1.807, 2.05) is 0 Å². The van der Waals surface area contributed by atoms with Crippen LogP contribution in [-0.4, -0.2) is 87.0 Å². The molecule has 0 amide bonds. The summed E-state index contributed by atoms with van der Waals surface area (Å²) in [4.78, 5) is 16.3. The zero-order valence-electron chi connectivity index (χ0n) is 15.5. The Balaban J connectivity index is 0.00000196. The summed E-state index contributed by atoms with van der Waals surface area (Å²) in [6.07, 6.45) is 4.41. The quantitative estimate of drug-likeness (QED) is 0.828. The molecular formula is C18H31ClN6O. The lowest BCUT2D eigenvalue weighted by atomic mass is 9.99. The van der Waals surface area contributed by atoms with Gasteiger partial charge < -0.3 is 19.9 Å². The Labute approximate surface area is 162 Å². The number of piperidine rings is 1. The standard InChI is InChI=1S/C18H30N6O.ClH/c1-2-16(13-19-3-1)14-22-4-6-23(7-5-22)17-12-18(21-15-20-17)24-8-10-25-11-9-24;/h12,15-16,19H,1-11,13-14H2;1H. The number of ether oxygens (including phenoxy) is 1. The highest BCUT2D eigenvalue weighted by molar-refractivity contribution is 5.85. The fourth-order valence-electron chi connectivity index (χ4n) is 4.08. The topological polar surface area (TPSA) is 56.8 Å². The van der Waals surface area contributed by atoms with Gasteiger partial charge in [-0.15, -0.1) is 12.4 Å². The zero-order chi connectivity index (χ0) is 16.9. The molecule has 4 rings (SSSR count). The Morgan fingerprint density at radius 2 is 1.69 bits per heavy atom. The molecule has 26 heavy (non-hydrogen) atoms. The molecule has 0 aliphatic carbocycles. The Morgan fingerprint density at radius 1 is 1.00 bits per heavy atom. The summed E-state index contributed by atoms with van der Waals surface area (Å²) in [5.41, 5.74) is 0. The van der Waals surface area contributed by atoms with Crippen LogP contribution in [-0.2, 0) is 4.74 Å². The molecule has 0 spiro atoms. The fourth-order valence-corrected chi connectivity index (χ4v) is 4.08. The summed E-state index contributed by atoms with van der Waals surface area (Å²) >= 11 is 0. The third-order valence-electron chi connectivity index (χ3n) is 5.58. The zero-order valence-corrected chi connectivity index (χ0v) is 16.3. The third-order valence-corrected chi connectivity index (χ3v) is 5.58. The van der Waals surface area contributed by atoms with Gasteiger partial charge in [-0.3, -0.25) is 4.90 Å². The molecule has 8 heteroatoms. The van der Waals surface area contributed by atoms with Crippen LogP contribution < -0.4 is 15.1 Å². The van der Waals surface area contributed by atoms with E-state index in [4.69, 9.17) is 4.74 Å². The maximum atomic E-state index is 5.44. The number of halogens is 1. The molecule has 4 heterocycles. The molecule has 1 unspecified atom stereocenters. The first-order chi connectivity index (χ1) is 12.4. The summed E-state index contributed by atoms with van der Waals surface area (Å²) in [5, 5.41) is 3.53. The minimum Gasteiger partial charge on any atom is -0.378 e. The van der Waals surface area contributed by atoms with Gasteiger partial charge in [0.1, 0.15) is 18.0 Å². The number of nitrogens with one attached hydrogen (secondary N) is 1. The number of anilines is 2. The Hall–Kier alpha value is -1.15. The summed E-state index contributed by atoms with van der Waals surface area (Å²) in [6, 6.07) is 2.14. The van der Waals surface area contributed by atoms with Crippen molar-refractivity contribution in [3.8, 4) is 0 Å². The summed E-state index contributed by atoms with van der Waals surface area (Å²) in [6.45, 7) is 11.4. The van der Waals surface area contributed by atoms with Crippen molar-refractivity contribution in [2.75, 3.05) is 81.9 Å². The summed E-state index contributed by atoms with van der Waals surface area (Å²) in [5.74, 6) is 2.92. The lowest BCUT2D eigenvalue weighted by Gasteiger charge is -2.38. The second kappa shape index (κ2) is 9.69. The predicted molar refractivity (Wildman–Crippen MR) is 107 cm³/mol. The van der Waals surface area contributed by atoms with Gasteiger partial charge in [-0.1, -0.05) is 0 Å². The van der Waals surface area contributed by atoms with Crippen molar-refractivity contribution >= 4 is 24.0 Å². The van der Waals surface area contributed by atoms with Crippen LogP contribution in [0.1, 0.15) is 12.8 Å².